The minimum Gasteiger partial charge on any atom is -0.480 e. The number of nitrogens with one attached hydrogen (secondary N) is 3. The molecule has 0 saturated carbocycles. The van der Waals surface area contributed by atoms with E-state index in [4.69, 9.17) is 10.8 Å². The van der Waals surface area contributed by atoms with Crippen LogP contribution in [0.1, 0.15) is 68.7 Å². The molecule has 0 aliphatic rings. The molecule has 9 nitrogen and oxygen atoms in total. The topological polar surface area (TPSA) is 151 Å². The molecule has 0 saturated heterocycles. The lowest BCUT2D eigenvalue weighted by atomic mass is 9.83. The van der Waals surface area contributed by atoms with Crippen molar-refractivity contribution in [2.24, 2.45) is 22.5 Å². The molecule has 0 unspecified atom stereocenters. The summed E-state index contributed by atoms with van der Waals surface area (Å²) in [6.07, 6.45) is 0.585. The Balaban J connectivity index is 5.62. The third-order valence-corrected chi connectivity index (χ3v) is 5.15. The van der Waals surface area contributed by atoms with E-state index in [9.17, 15) is 19.2 Å². The predicted octanol–water partition coefficient (Wildman–Crippen LogP) is 1.01. The van der Waals surface area contributed by atoms with E-state index in [-0.39, 0.29) is 5.92 Å². The van der Waals surface area contributed by atoms with E-state index in [1.54, 1.807) is 27.7 Å². The normalized spacial score (nSPS) is 17.1. The number of hydrogen-bond acceptors (Lipinski definition) is 5. The van der Waals surface area contributed by atoms with Crippen LogP contribution in [0.4, 0.5) is 0 Å². The highest BCUT2D eigenvalue weighted by atomic mass is 16.4. The number of hydrogen-bond donors (Lipinski definition) is 5. The van der Waals surface area contributed by atoms with Crippen LogP contribution < -0.4 is 21.7 Å². The van der Waals surface area contributed by atoms with Crippen LogP contribution >= 0.6 is 0 Å². The van der Waals surface area contributed by atoms with Crippen molar-refractivity contribution >= 4 is 23.7 Å². The van der Waals surface area contributed by atoms with E-state index in [0.717, 1.165) is 0 Å². The van der Waals surface area contributed by atoms with Crippen LogP contribution in [0.15, 0.2) is 0 Å². The molecule has 0 aliphatic carbocycles. The molecule has 0 bridgehead atoms. The summed E-state index contributed by atoms with van der Waals surface area (Å²) in [5.41, 5.74) is 4.88. The maximum absolute atomic E-state index is 13.1. The molecule has 0 aromatic heterocycles. The number of carboxylic acids is 1. The monoisotopic (exact) mass is 428 g/mol. The molecular weight excluding hydrogens is 388 g/mol. The maximum atomic E-state index is 13.1. The number of rotatable bonds is 9. The van der Waals surface area contributed by atoms with Crippen LogP contribution in [0.5, 0.6) is 0 Å². The lowest BCUT2D eigenvalue weighted by molar-refractivity contribution is -0.142. The molecule has 0 aromatic carbocycles. The largest absolute Gasteiger partial charge is 0.480 e. The zero-order valence-corrected chi connectivity index (χ0v) is 19.8. The van der Waals surface area contributed by atoms with E-state index in [2.05, 4.69) is 16.0 Å². The van der Waals surface area contributed by atoms with E-state index >= 15 is 0 Å². The minimum absolute atomic E-state index is 0.247. The molecular formula is C21H40N4O5. The van der Waals surface area contributed by atoms with Gasteiger partial charge in [-0.05, 0) is 23.7 Å². The SMILES string of the molecule is CC[C@H](C)[C@H](NC(=O)[C@@H](NC(=O)[C@@H](N)C(C)(C)C)C(C)(C)C)C(=O)N[C@@H](C)C(=O)O. The molecule has 0 fully saturated rings. The minimum atomic E-state index is -1.17. The number of carbonyl (C=O) groups excluding carboxylic acids is 3. The summed E-state index contributed by atoms with van der Waals surface area (Å²) in [4.78, 5) is 49.4. The zero-order chi connectivity index (χ0) is 24.0. The van der Waals surface area contributed by atoms with Gasteiger partial charge < -0.3 is 26.8 Å². The molecule has 0 aromatic rings. The molecule has 9 heteroatoms. The molecule has 30 heavy (non-hydrogen) atoms. The van der Waals surface area contributed by atoms with Crippen molar-refractivity contribution in [2.75, 3.05) is 0 Å². The highest BCUT2D eigenvalue weighted by Crippen LogP contribution is 2.22. The highest BCUT2D eigenvalue weighted by Gasteiger charge is 2.38. The van der Waals surface area contributed by atoms with Crippen molar-refractivity contribution in [1.29, 1.82) is 0 Å². The fraction of sp³-hybridized carbons (Fsp3) is 0.810. The van der Waals surface area contributed by atoms with Gasteiger partial charge in [-0.3, -0.25) is 19.2 Å². The third kappa shape index (κ3) is 8.30. The van der Waals surface area contributed by atoms with Crippen LogP contribution in [-0.2, 0) is 19.2 Å². The maximum Gasteiger partial charge on any atom is 0.325 e. The van der Waals surface area contributed by atoms with Gasteiger partial charge in [0.25, 0.3) is 0 Å². The Morgan fingerprint density at radius 1 is 0.833 bits per heavy atom. The van der Waals surface area contributed by atoms with Crippen molar-refractivity contribution in [1.82, 2.24) is 16.0 Å². The Morgan fingerprint density at radius 3 is 1.70 bits per heavy atom. The first kappa shape index (κ1) is 27.8. The summed E-state index contributed by atoms with van der Waals surface area (Å²) in [6.45, 7) is 15.9. The summed E-state index contributed by atoms with van der Waals surface area (Å²) in [5, 5.41) is 16.9. The Hall–Kier alpha value is -2.16. The van der Waals surface area contributed by atoms with Gasteiger partial charge >= 0.3 is 5.97 Å². The lowest BCUT2D eigenvalue weighted by Crippen LogP contribution is -2.62. The summed E-state index contributed by atoms with van der Waals surface area (Å²) in [7, 11) is 0. The van der Waals surface area contributed by atoms with Gasteiger partial charge in [0.1, 0.15) is 18.1 Å². The third-order valence-electron chi connectivity index (χ3n) is 5.15. The molecule has 174 valence electrons. The Bertz CT molecular complexity index is 636. The second-order valence-electron chi connectivity index (χ2n) is 10.1. The van der Waals surface area contributed by atoms with E-state index in [1.165, 1.54) is 6.92 Å². The zero-order valence-electron chi connectivity index (χ0n) is 19.8. The van der Waals surface area contributed by atoms with Crippen molar-refractivity contribution in [3.8, 4) is 0 Å². The quantitative estimate of drug-likeness (QED) is 0.370. The van der Waals surface area contributed by atoms with E-state index in [1.807, 2.05) is 27.7 Å². The van der Waals surface area contributed by atoms with Crippen molar-refractivity contribution in [3.63, 3.8) is 0 Å². The lowest BCUT2D eigenvalue weighted by Gasteiger charge is -2.35. The number of aliphatic carboxylic acids is 1. The number of carboxylic acid groups (broad SMARTS) is 1. The van der Waals surface area contributed by atoms with Gasteiger partial charge in [-0.2, -0.15) is 0 Å². The van der Waals surface area contributed by atoms with Crippen LogP contribution in [0.3, 0.4) is 0 Å². The van der Waals surface area contributed by atoms with E-state index in [0.29, 0.717) is 6.42 Å². The Kier molecular flexibility index (Phi) is 9.97. The van der Waals surface area contributed by atoms with Crippen LogP contribution in [0.25, 0.3) is 0 Å². The summed E-state index contributed by atoms with van der Waals surface area (Å²) >= 11 is 0. The summed E-state index contributed by atoms with van der Waals surface area (Å²) < 4.78 is 0. The fourth-order valence-electron chi connectivity index (χ4n) is 2.60. The summed E-state index contributed by atoms with van der Waals surface area (Å²) in [6, 6.07) is -3.79. The summed E-state index contributed by atoms with van der Waals surface area (Å²) in [5.74, 6) is -2.99. The standard InChI is InChI=1S/C21H40N4O5/c1-10-11(2)13(16(26)23-12(3)19(29)30)24-18(28)15(21(7,8)9)25-17(27)14(22)20(4,5)6/h11-15H,10,22H2,1-9H3,(H,23,26)(H,24,28)(H,25,27)(H,29,30)/t11-,12-,13-,14+,15+/m0/s1. The first-order chi connectivity index (χ1) is 13.4. The van der Waals surface area contributed by atoms with Gasteiger partial charge in [-0.1, -0.05) is 61.8 Å². The van der Waals surface area contributed by atoms with Gasteiger partial charge in [0, 0.05) is 0 Å². The fourth-order valence-corrected chi connectivity index (χ4v) is 2.60. The first-order valence-corrected chi connectivity index (χ1v) is 10.3. The van der Waals surface area contributed by atoms with Gasteiger partial charge in [0.15, 0.2) is 0 Å². The smallest absolute Gasteiger partial charge is 0.325 e. The number of nitrogens with two attached hydrogens (primary N) is 1. The van der Waals surface area contributed by atoms with Crippen LogP contribution in [0.2, 0.25) is 0 Å². The second-order valence-corrected chi connectivity index (χ2v) is 10.1. The average Bonchev–Trinajstić information content (AvgIpc) is 2.60. The molecule has 3 amide bonds. The predicted molar refractivity (Wildman–Crippen MR) is 115 cm³/mol. The molecule has 0 heterocycles. The molecule has 0 rings (SSSR count). The van der Waals surface area contributed by atoms with Crippen LogP contribution in [0, 0.1) is 16.7 Å². The van der Waals surface area contributed by atoms with Gasteiger partial charge in [0.2, 0.25) is 17.7 Å². The Labute approximate surface area is 179 Å². The average molecular weight is 429 g/mol. The van der Waals surface area contributed by atoms with Gasteiger partial charge in [-0.15, -0.1) is 0 Å². The first-order valence-electron chi connectivity index (χ1n) is 10.3. The molecule has 6 N–H and O–H groups in total. The molecule has 0 spiro atoms. The van der Waals surface area contributed by atoms with Crippen LogP contribution in [-0.4, -0.2) is 53.0 Å². The Morgan fingerprint density at radius 2 is 1.33 bits per heavy atom. The molecule has 0 radical (unpaired) electrons. The van der Waals surface area contributed by atoms with Crippen molar-refractivity contribution < 1.29 is 24.3 Å². The molecule has 0 aliphatic heterocycles. The van der Waals surface area contributed by atoms with Crippen molar-refractivity contribution in [2.45, 2.75) is 92.9 Å². The second kappa shape index (κ2) is 10.7. The number of amides is 3. The van der Waals surface area contributed by atoms with Gasteiger partial charge in [-0.25, -0.2) is 0 Å². The van der Waals surface area contributed by atoms with E-state index < -0.39 is 58.7 Å². The highest BCUT2D eigenvalue weighted by molar-refractivity contribution is 5.94. The van der Waals surface area contributed by atoms with Gasteiger partial charge in [0.05, 0.1) is 6.04 Å². The van der Waals surface area contributed by atoms with Crippen molar-refractivity contribution in [3.05, 3.63) is 0 Å². The number of carbonyl (C=O) groups is 4. The molecule has 5 atom stereocenters.